The first-order valence-corrected chi connectivity index (χ1v) is 10.0. The molecule has 0 saturated carbocycles. The van der Waals surface area contributed by atoms with Crippen LogP contribution in [0, 0.1) is 6.92 Å². The molecule has 0 bridgehead atoms. The second-order valence-electron chi connectivity index (χ2n) is 7.46. The summed E-state index contributed by atoms with van der Waals surface area (Å²) in [5, 5.41) is 6.89. The molecule has 2 rings (SSSR count). The third-order valence-electron chi connectivity index (χ3n) is 4.54. The summed E-state index contributed by atoms with van der Waals surface area (Å²) < 4.78 is 5.19. The number of anilines is 2. The maximum Gasteiger partial charge on any atom is 0.135 e. The van der Waals surface area contributed by atoms with E-state index in [1.54, 1.807) is 7.11 Å². The van der Waals surface area contributed by atoms with Crippen molar-refractivity contribution in [3.05, 3.63) is 41.7 Å². The number of nitrogens with one attached hydrogen (secondary N) is 2. The van der Waals surface area contributed by atoms with Crippen LogP contribution in [0.3, 0.4) is 0 Å². The monoisotopic (exact) mass is 382 g/mol. The summed E-state index contributed by atoms with van der Waals surface area (Å²) in [7, 11) is 1.70. The molecule has 0 saturated heterocycles. The summed E-state index contributed by atoms with van der Waals surface area (Å²) in [6.45, 7) is 16.9. The molecule has 0 aliphatic carbocycles. The third kappa shape index (κ3) is 5.32. The van der Waals surface area contributed by atoms with E-state index in [1.165, 1.54) is 0 Å². The van der Waals surface area contributed by atoms with Crippen LogP contribution in [0.15, 0.2) is 24.8 Å². The first-order chi connectivity index (χ1) is 13.4. The van der Waals surface area contributed by atoms with Gasteiger partial charge in [0.05, 0.1) is 23.7 Å². The summed E-state index contributed by atoms with van der Waals surface area (Å²) in [6, 6.07) is 6.37. The fourth-order valence-corrected chi connectivity index (χ4v) is 3.00. The van der Waals surface area contributed by atoms with Crippen molar-refractivity contribution in [3.8, 4) is 11.3 Å². The van der Waals surface area contributed by atoms with Gasteiger partial charge in [-0.2, -0.15) is 0 Å². The van der Waals surface area contributed by atoms with Crippen LogP contribution in [0.25, 0.3) is 16.8 Å². The second kappa shape index (κ2) is 10.2. The predicted octanol–water partition coefficient (Wildman–Crippen LogP) is 5.49. The first kappa shape index (κ1) is 21.9. The zero-order valence-corrected chi connectivity index (χ0v) is 18.1. The van der Waals surface area contributed by atoms with Crippen molar-refractivity contribution in [2.45, 2.75) is 47.0 Å². The summed E-state index contributed by atoms with van der Waals surface area (Å²) in [6.07, 6.45) is 1.06. The summed E-state index contributed by atoms with van der Waals surface area (Å²) in [5.74, 6) is 1.21. The van der Waals surface area contributed by atoms with Crippen LogP contribution in [0.4, 0.5) is 11.5 Å². The van der Waals surface area contributed by atoms with Gasteiger partial charge in [0.15, 0.2) is 0 Å². The summed E-state index contributed by atoms with van der Waals surface area (Å²) in [4.78, 5) is 9.85. The third-order valence-corrected chi connectivity index (χ3v) is 4.54. The molecule has 0 unspecified atom stereocenters. The second-order valence-corrected chi connectivity index (χ2v) is 7.46. The zero-order valence-electron chi connectivity index (χ0n) is 18.1. The van der Waals surface area contributed by atoms with Gasteiger partial charge in [0.2, 0.25) is 0 Å². The highest BCUT2D eigenvalue weighted by Crippen LogP contribution is 2.33. The van der Waals surface area contributed by atoms with Gasteiger partial charge in [-0.05, 0) is 55.5 Å². The first-order valence-electron chi connectivity index (χ1n) is 10.0. The molecule has 0 aromatic carbocycles. The fourth-order valence-electron chi connectivity index (χ4n) is 3.00. The van der Waals surface area contributed by atoms with Crippen LogP contribution in [-0.4, -0.2) is 36.8 Å². The van der Waals surface area contributed by atoms with Crippen molar-refractivity contribution in [3.63, 3.8) is 0 Å². The molecule has 2 heterocycles. The number of aromatic nitrogens is 2. The van der Waals surface area contributed by atoms with Crippen molar-refractivity contribution in [2.75, 3.05) is 37.4 Å². The van der Waals surface area contributed by atoms with Crippen molar-refractivity contribution in [2.24, 2.45) is 0 Å². The highest BCUT2D eigenvalue weighted by atomic mass is 16.5. The van der Waals surface area contributed by atoms with Crippen molar-refractivity contribution >= 4 is 17.1 Å². The number of nitrogens with zero attached hydrogens (tertiary/aromatic N) is 2. The highest BCUT2D eigenvalue weighted by molar-refractivity contribution is 5.80. The maximum atomic E-state index is 5.19. The van der Waals surface area contributed by atoms with E-state index < -0.39 is 0 Å². The van der Waals surface area contributed by atoms with Gasteiger partial charge >= 0.3 is 0 Å². The lowest BCUT2D eigenvalue weighted by Gasteiger charge is -2.18. The van der Waals surface area contributed by atoms with E-state index in [0.29, 0.717) is 19.1 Å². The van der Waals surface area contributed by atoms with Gasteiger partial charge in [-0.3, -0.25) is 0 Å². The van der Waals surface area contributed by atoms with Crippen LogP contribution in [0.2, 0.25) is 0 Å². The van der Waals surface area contributed by atoms with Crippen molar-refractivity contribution in [1.82, 2.24) is 9.97 Å². The zero-order chi connectivity index (χ0) is 20.7. The normalized spacial score (nSPS) is 11.0. The molecule has 2 aromatic heterocycles. The van der Waals surface area contributed by atoms with E-state index in [-0.39, 0.29) is 0 Å². The molecule has 0 spiro atoms. The number of allylic oxidation sites excluding steroid dienone is 1. The Hall–Kier alpha value is -2.40. The van der Waals surface area contributed by atoms with Gasteiger partial charge in [-0.25, -0.2) is 9.97 Å². The SMILES string of the molecule is C=C(C)c1nc(-c2ccc(C(C)C)nc2NCCOC)c(C)cc1NCCC. The van der Waals surface area contributed by atoms with Crippen LogP contribution < -0.4 is 10.6 Å². The molecule has 5 heteroatoms. The van der Waals surface area contributed by atoms with E-state index in [0.717, 1.165) is 58.3 Å². The lowest BCUT2D eigenvalue weighted by Crippen LogP contribution is -2.12. The molecule has 2 aromatic rings. The highest BCUT2D eigenvalue weighted by Gasteiger charge is 2.16. The van der Waals surface area contributed by atoms with Gasteiger partial charge in [-0.1, -0.05) is 27.4 Å². The number of hydrogen-bond donors (Lipinski definition) is 2. The predicted molar refractivity (Wildman–Crippen MR) is 120 cm³/mol. The molecule has 0 aliphatic rings. The molecule has 28 heavy (non-hydrogen) atoms. The molecule has 2 N–H and O–H groups in total. The van der Waals surface area contributed by atoms with Gasteiger partial charge in [0, 0.05) is 31.5 Å². The standard InChI is InChI=1S/C23H34N4O/c1-8-11-24-20-14-17(6)22(27-21(20)16(4)5)18-9-10-19(15(2)3)26-23(18)25-12-13-28-7/h9-10,14-15,24H,4,8,11-13H2,1-3,5-7H3,(H,25,26). The van der Waals surface area contributed by atoms with Crippen LogP contribution >= 0.6 is 0 Å². The molecule has 0 fully saturated rings. The smallest absolute Gasteiger partial charge is 0.135 e. The minimum atomic E-state index is 0.359. The Bertz CT molecular complexity index is 814. The Balaban J connectivity index is 2.55. The number of pyridine rings is 2. The average Bonchev–Trinajstić information content (AvgIpc) is 2.66. The lowest BCUT2D eigenvalue weighted by molar-refractivity contribution is 0.210. The molecule has 0 radical (unpaired) electrons. The van der Waals surface area contributed by atoms with Gasteiger partial charge < -0.3 is 15.4 Å². The van der Waals surface area contributed by atoms with Crippen LogP contribution in [-0.2, 0) is 4.74 Å². The Morgan fingerprint density at radius 2 is 1.93 bits per heavy atom. The number of methoxy groups -OCH3 is 1. The van der Waals surface area contributed by atoms with Crippen LogP contribution in [0.5, 0.6) is 0 Å². The number of aryl methyl sites for hydroxylation is 1. The molecule has 0 atom stereocenters. The van der Waals surface area contributed by atoms with Crippen molar-refractivity contribution in [1.29, 1.82) is 0 Å². The molecule has 0 aliphatic heterocycles. The molecular formula is C23H34N4O. The molecule has 0 amide bonds. The minimum absolute atomic E-state index is 0.359. The Morgan fingerprint density at radius 1 is 1.18 bits per heavy atom. The lowest BCUT2D eigenvalue weighted by atomic mass is 10.0. The quantitative estimate of drug-likeness (QED) is 0.532. The Labute approximate surface area is 169 Å². The Morgan fingerprint density at radius 3 is 2.54 bits per heavy atom. The maximum absolute atomic E-state index is 5.19. The van der Waals surface area contributed by atoms with E-state index in [9.17, 15) is 0 Å². The summed E-state index contributed by atoms with van der Waals surface area (Å²) in [5.41, 5.74) is 6.99. The number of ether oxygens (including phenoxy) is 1. The van der Waals surface area contributed by atoms with Gasteiger partial charge in [-0.15, -0.1) is 0 Å². The van der Waals surface area contributed by atoms with Gasteiger partial charge in [0.1, 0.15) is 5.82 Å². The van der Waals surface area contributed by atoms with E-state index in [2.05, 4.69) is 63.1 Å². The number of rotatable bonds is 10. The van der Waals surface area contributed by atoms with Crippen LogP contribution in [0.1, 0.15) is 57.0 Å². The fraction of sp³-hybridized carbons (Fsp3) is 0.478. The van der Waals surface area contributed by atoms with E-state index in [4.69, 9.17) is 14.7 Å². The van der Waals surface area contributed by atoms with E-state index >= 15 is 0 Å². The van der Waals surface area contributed by atoms with Crippen molar-refractivity contribution < 1.29 is 4.74 Å². The minimum Gasteiger partial charge on any atom is -0.383 e. The largest absolute Gasteiger partial charge is 0.383 e. The topological polar surface area (TPSA) is 59.1 Å². The Kier molecular flexibility index (Phi) is 8.00. The van der Waals surface area contributed by atoms with Gasteiger partial charge in [0.25, 0.3) is 0 Å². The molecule has 152 valence electrons. The molecular weight excluding hydrogens is 348 g/mol. The average molecular weight is 383 g/mol. The number of hydrogen-bond acceptors (Lipinski definition) is 5. The summed E-state index contributed by atoms with van der Waals surface area (Å²) >= 11 is 0. The van der Waals surface area contributed by atoms with E-state index in [1.807, 2.05) is 6.92 Å². The molecule has 5 nitrogen and oxygen atoms in total.